The summed E-state index contributed by atoms with van der Waals surface area (Å²) in [6.07, 6.45) is -3.37. The van der Waals surface area contributed by atoms with Gasteiger partial charge in [-0.15, -0.1) is 0 Å². The molecule has 8 nitrogen and oxygen atoms in total. The first-order chi connectivity index (χ1) is 7.81. The van der Waals surface area contributed by atoms with Crippen molar-refractivity contribution in [1.29, 1.82) is 0 Å². The number of amides is 1. The molecular formula is C9H18N2O6. The van der Waals surface area contributed by atoms with Gasteiger partial charge in [-0.05, 0) is 6.08 Å². The van der Waals surface area contributed by atoms with Gasteiger partial charge in [-0.2, -0.15) is 0 Å². The number of primary amides is 1. The van der Waals surface area contributed by atoms with E-state index in [0.29, 0.717) is 0 Å². The van der Waals surface area contributed by atoms with Crippen molar-refractivity contribution < 1.29 is 30.0 Å². The van der Waals surface area contributed by atoms with Gasteiger partial charge in [-0.25, -0.2) is 0 Å². The number of aliphatic hydroxyl groups excluding tert-OH is 4. The summed E-state index contributed by atoms with van der Waals surface area (Å²) < 4.78 is 0. The molecule has 1 amide bonds. The molecule has 0 aliphatic rings. The zero-order valence-electron chi connectivity index (χ0n) is 9.14. The Kier molecular flexibility index (Phi) is 10.5. The van der Waals surface area contributed by atoms with Crippen LogP contribution < -0.4 is 11.5 Å². The van der Waals surface area contributed by atoms with Crippen molar-refractivity contribution in [3.8, 4) is 0 Å². The summed E-state index contributed by atoms with van der Waals surface area (Å²) in [7, 11) is 0. The van der Waals surface area contributed by atoms with Gasteiger partial charge in [0.05, 0.1) is 12.6 Å². The topological polar surface area (TPSA) is 167 Å². The fourth-order valence-corrected chi connectivity index (χ4v) is 0.644. The van der Waals surface area contributed by atoms with Gasteiger partial charge in [-0.3, -0.25) is 4.79 Å². The summed E-state index contributed by atoms with van der Waals surface area (Å²) >= 11 is 0. The van der Waals surface area contributed by atoms with E-state index < -0.39 is 36.9 Å². The number of hydrogen-bond donors (Lipinski definition) is 6. The maximum Gasteiger partial charge on any atom is 0.240 e. The van der Waals surface area contributed by atoms with Crippen LogP contribution >= 0.6 is 0 Å². The standard InChI is InChI=1S/C6H13NO5.C3H5NO/c7-3(1-8)5(11)6(12)4(10)2-9;1-2-3(4)5/h1,3-6,9-12H,2,7H2;2H,1H2,(H2,4,5)/t3-,4+,5+,6+;/m0./s1. The molecule has 8 N–H and O–H groups in total. The van der Waals surface area contributed by atoms with E-state index in [-0.39, 0.29) is 6.29 Å². The van der Waals surface area contributed by atoms with E-state index in [2.05, 4.69) is 12.3 Å². The number of rotatable bonds is 6. The van der Waals surface area contributed by atoms with Crippen LogP contribution in [-0.2, 0) is 9.59 Å². The van der Waals surface area contributed by atoms with Gasteiger partial charge >= 0.3 is 0 Å². The fourth-order valence-electron chi connectivity index (χ4n) is 0.644. The lowest BCUT2D eigenvalue weighted by atomic mass is 10.0. The Morgan fingerprint density at radius 3 is 1.94 bits per heavy atom. The van der Waals surface area contributed by atoms with Gasteiger partial charge in [-0.1, -0.05) is 6.58 Å². The minimum absolute atomic E-state index is 0.248. The van der Waals surface area contributed by atoms with Crippen LogP contribution in [0, 0.1) is 0 Å². The van der Waals surface area contributed by atoms with Crippen LogP contribution in [0.25, 0.3) is 0 Å². The quantitative estimate of drug-likeness (QED) is 0.208. The van der Waals surface area contributed by atoms with Crippen molar-refractivity contribution in [2.75, 3.05) is 6.61 Å². The highest BCUT2D eigenvalue weighted by Crippen LogP contribution is 2.01. The van der Waals surface area contributed by atoms with Gasteiger partial charge < -0.3 is 36.7 Å². The van der Waals surface area contributed by atoms with Crippen LogP contribution in [0.5, 0.6) is 0 Å². The first-order valence-electron chi connectivity index (χ1n) is 4.59. The van der Waals surface area contributed by atoms with E-state index in [1.807, 2.05) is 0 Å². The lowest BCUT2D eigenvalue weighted by molar-refractivity contribution is -0.118. The number of aliphatic hydroxyl groups is 4. The van der Waals surface area contributed by atoms with E-state index in [4.69, 9.17) is 26.2 Å². The molecule has 0 rings (SSSR count). The SMILES string of the molecule is C=CC(N)=O.N[C@@H](C=O)[C@@H](O)[C@H](O)[C@H](O)CO. The summed E-state index contributed by atoms with van der Waals surface area (Å²) in [6.45, 7) is 2.38. The van der Waals surface area contributed by atoms with Crippen LogP contribution in [0.1, 0.15) is 0 Å². The van der Waals surface area contributed by atoms with E-state index >= 15 is 0 Å². The third-order valence-corrected chi connectivity index (χ3v) is 1.68. The molecule has 0 aromatic heterocycles. The zero-order valence-corrected chi connectivity index (χ0v) is 9.14. The molecule has 0 radical (unpaired) electrons. The number of nitrogens with two attached hydrogens (primary N) is 2. The van der Waals surface area contributed by atoms with Crippen LogP contribution in [-0.4, -0.2) is 63.6 Å². The van der Waals surface area contributed by atoms with Gasteiger partial charge in [0.1, 0.15) is 24.6 Å². The number of carbonyl (C=O) groups excluding carboxylic acids is 2. The molecule has 8 heteroatoms. The van der Waals surface area contributed by atoms with Gasteiger partial charge in [0.25, 0.3) is 0 Å². The second kappa shape index (κ2) is 9.87. The summed E-state index contributed by atoms with van der Waals surface area (Å²) in [5, 5.41) is 35.2. The molecule has 4 atom stereocenters. The molecule has 0 aliphatic carbocycles. The van der Waals surface area contributed by atoms with Gasteiger partial charge in [0.15, 0.2) is 0 Å². The molecule has 0 saturated heterocycles. The van der Waals surface area contributed by atoms with Crippen molar-refractivity contribution in [2.45, 2.75) is 24.4 Å². The first-order valence-corrected chi connectivity index (χ1v) is 4.59. The third kappa shape index (κ3) is 8.48. The van der Waals surface area contributed by atoms with Gasteiger partial charge in [0, 0.05) is 0 Å². The van der Waals surface area contributed by atoms with Crippen molar-refractivity contribution >= 4 is 12.2 Å². The van der Waals surface area contributed by atoms with Crippen LogP contribution in [0.4, 0.5) is 0 Å². The molecular weight excluding hydrogens is 232 g/mol. The smallest absolute Gasteiger partial charge is 0.240 e. The molecule has 0 fully saturated rings. The van der Waals surface area contributed by atoms with Crippen molar-refractivity contribution in [2.24, 2.45) is 11.5 Å². The zero-order chi connectivity index (χ0) is 14.0. The average Bonchev–Trinajstić information content (AvgIpc) is 2.35. The van der Waals surface area contributed by atoms with E-state index in [1.54, 1.807) is 0 Å². The van der Waals surface area contributed by atoms with Crippen LogP contribution in [0.2, 0.25) is 0 Å². The second-order valence-corrected chi connectivity index (χ2v) is 3.05. The molecule has 0 spiro atoms. The minimum atomic E-state index is -1.62. The summed E-state index contributed by atoms with van der Waals surface area (Å²) in [5.41, 5.74) is 9.57. The van der Waals surface area contributed by atoms with Crippen molar-refractivity contribution in [3.63, 3.8) is 0 Å². The number of carbonyl (C=O) groups is 2. The molecule has 0 aliphatic heterocycles. The fraction of sp³-hybridized carbons (Fsp3) is 0.556. The molecule has 0 saturated carbocycles. The Balaban J connectivity index is 0. The van der Waals surface area contributed by atoms with Gasteiger partial charge in [0.2, 0.25) is 5.91 Å². The predicted octanol–water partition coefficient (Wildman–Crippen LogP) is -3.75. The van der Waals surface area contributed by atoms with Crippen LogP contribution in [0.15, 0.2) is 12.7 Å². The van der Waals surface area contributed by atoms with Crippen molar-refractivity contribution in [1.82, 2.24) is 0 Å². The third-order valence-electron chi connectivity index (χ3n) is 1.68. The summed E-state index contributed by atoms with van der Waals surface area (Å²) in [4.78, 5) is 19.5. The normalized spacial score (nSPS) is 16.8. The first kappa shape index (κ1) is 18.1. The molecule has 100 valence electrons. The maximum atomic E-state index is 10.0. The lowest BCUT2D eigenvalue weighted by Gasteiger charge is -2.23. The molecule has 17 heavy (non-hydrogen) atoms. The molecule has 0 unspecified atom stereocenters. The Bertz CT molecular complexity index is 248. The highest BCUT2D eigenvalue weighted by atomic mass is 16.4. The molecule has 0 aromatic carbocycles. The largest absolute Gasteiger partial charge is 0.394 e. The number of hydrogen-bond acceptors (Lipinski definition) is 7. The van der Waals surface area contributed by atoms with E-state index in [1.165, 1.54) is 0 Å². The lowest BCUT2D eigenvalue weighted by Crippen LogP contribution is -2.49. The Morgan fingerprint density at radius 2 is 1.71 bits per heavy atom. The van der Waals surface area contributed by atoms with E-state index in [0.717, 1.165) is 6.08 Å². The Hall–Kier alpha value is -1.32. The highest BCUT2D eigenvalue weighted by Gasteiger charge is 2.28. The number of aldehydes is 1. The molecule has 0 heterocycles. The van der Waals surface area contributed by atoms with Crippen molar-refractivity contribution in [3.05, 3.63) is 12.7 Å². The molecule has 0 aromatic rings. The average molecular weight is 250 g/mol. The molecule has 0 bridgehead atoms. The summed E-state index contributed by atoms with van der Waals surface area (Å²) in [6, 6.07) is -1.26. The highest BCUT2D eigenvalue weighted by molar-refractivity contribution is 5.84. The monoisotopic (exact) mass is 250 g/mol. The summed E-state index contributed by atoms with van der Waals surface area (Å²) in [5.74, 6) is -0.481. The van der Waals surface area contributed by atoms with E-state index in [9.17, 15) is 9.59 Å². The Labute approximate surface area is 98.2 Å². The second-order valence-electron chi connectivity index (χ2n) is 3.05. The predicted molar refractivity (Wildman–Crippen MR) is 58.5 cm³/mol. The van der Waals surface area contributed by atoms with Crippen LogP contribution in [0.3, 0.4) is 0 Å². The minimum Gasteiger partial charge on any atom is -0.394 e. The Morgan fingerprint density at radius 1 is 1.29 bits per heavy atom. The maximum absolute atomic E-state index is 10.0.